The van der Waals surface area contributed by atoms with Crippen molar-refractivity contribution in [2.45, 2.75) is 30.5 Å². The van der Waals surface area contributed by atoms with Crippen LogP contribution in [0.15, 0.2) is 69.7 Å². The smallest absolute Gasteiger partial charge is 0.189 e. The molecule has 0 amide bonds. The molecule has 1 atom stereocenters. The summed E-state index contributed by atoms with van der Waals surface area (Å²) in [4.78, 5) is 9.47. The van der Waals surface area contributed by atoms with Crippen molar-refractivity contribution in [3.63, 3.8) is 0 Å². The number of hydrogen-bond donors (Lipinski definition) is 1. The molecule has 0 aliphatic carbocycles. The summed E-state index contributed by atoms with van der Waals surface area (Å²) in [5.74, 6) is 2.04. The molecule has 0 fully saturated rings. The van der Waals surface area contributed by atoms with Gasteiger partial charge in [0.05, 0.1) is 29.8 Å². The maximum Gasteiger partial charge on any atom is 0.189 e. The summed E-state index contributed by atoms with van der Waals surface area (Å²) < 4.78 is 19.8. The number of rotatable bonds is 7. The largest absolute Gasteiger partial charge is 0.496 e. The maximum atomic E-state index is 6.20. The van der Waals surface area contributed by atoms with E-state index in [9.17, 15) is 0 Å². The quantitative estimate of drug-likeness (QED) is 0.283. The number of benzene rings is 2. The SMILES string of the molecule is CCC1Nn2cc(-c3cc4c(OCc5csc(-c6ccccc6)n5)cc(OC)cc4o3)nc2S1. The van der Waals surface area contributed by atoms with E-state index in [-0.39, 0.29) is 0 Å². The molecule has 0 spiro atoms. The van der Waals surface area contributed by atoms with E-state index in [0.29, 0.717) is 34.8 Å². The zero-order valence-corrected chi connectivity index (χ0v) is 20.3. The van der Waals surface area contributed by atoms with Gasteiger partial charge in [0, 0.05) is 23.1 Å². The van der Waals surface area contributed by atoms with E-state index >= 15 is 0 Å². The Balaban J connectivity index is 1.27. The van der Waals surface area contributed by atoms with E-state index in [4.69, 9.17) is 23.9 Å². The number of furan rings is 1. The second-order valence-electron chi connectivity index (χ2n) is 7.87. The molecule has 1 N–H and O–H groups in total. The van der Waals surface area contributed by atoms with Gasteiger partial charge in [0.15, 0.2) is 10.9 Å². The normalized spacial score (nSPS) is 14.8. The van der Waals surface area contributed by atoms with Gasteiger partial charge in [0.25, 0.3) is 0 Å². The van der Waals surface area contributed by atoms with Gasteiger partial charge < -0.3 is 19.3 Å². The van der Waals surface area contributed by atoms with Crippen molar-refractivity contribution in [2.24, 2.45) is 0 Å². The summed E-state index contributed by atoms with van der Waals surface area (Å²) in [6.07, 6.45) is 2.99. The number of imidazole rings is 1. The highest BCUT2D eigenvalue weighted by molar-refractivity contribution is 8.00. The molecule has 3 aromatic heterocycles. The van der Waals surface area contributed by atoms with E-state index < -0.39 is 0 Å². The number of nitrogens with zero attached hydrogens (tertiary/aromatic N) is 3. The summed E-state index contributed by atoms with van der Waals surface area (Å²) in [5, 5.41) is 5.17. The third kappa shape index (κ3) is 3.91. The topological polar surface area (TPSA) is 74.3 Å². The highest BCUT2D eigenvalue weighted by atomic mass is 32.2. The zero-order chi connectivity index (χ0) is 23.1. The first-order valence-corrected chi connectivity index (χ1v) is 12.7. The van der Waals surface area contributed by atoms with Gasteiger partial charge in [-0.25, -0.2) is 14.6 Å². The minimum Gasteiger partial charge on any atom is -0.496 e. The lowest BCUT2D eigenvalue weighted by Crippen LogP contribution is -2.16. The number of nitrogens with one attached hydrogen (secondary N) is 1. The zero-order valence-electron chi connectivity index (χ0n) is 18.6. The van der Waals surface area contributed by atoms with Crippen LogP contribution in [0.5, 0.6) is 11.5 Å². The third-order valence-electron chi connectivity index (χ3n) is 5.58. The fourth-order valence-corrected chi connectivity index (χ4v) is 5.59. The van der Waals surface area contributed by atoms with E-state index in [1.165, 1.54) is 0 Å². The summed E-state index contributed by atoms with van der Waals surface area (Å²) in [6.45, 7) is 2.50. The molecule has 2 aromatic carbocycles. The Bertz CT molecular complexity index is 1430. The van der Waals surface area contributed by atoms with Gasteiger partial charge in [-0.15, -0.1) is 11.3 Å². The fourth-order valence-electron chi connectivity index (χ4n) is 3.83. The molecular weight excluding hydrogens is 468 g/mol. The Labute approximate surface area is 204 Å². The fraction of sp³-hybridized carbons (Fsp3) is 0.200. The van der Waals surface area contributed by atoms with Gasteiger partial charge in [-0.1, -0.05) is 49.0 Å². The van der Waals surface area contributed by atoms with Crippen LogP contribution < -0.4 is 14.9 Å². The van der Waals surface area contributed by atoms with Gasteiger partial charge in [-0.2, -0.15) is 0 Å². The molecule has 0 radical (unpaired) electrons. The van der Waals surface area contributed by atoms with Crippen LogP contribution in [0, 0.1) is 0 Å². The van der Waals surface area contributed by atoms with Crippen LogP contribution in [-0.4, -0.2) is 27.1 Å². The Morgan fingerprint density at radius 1 is 1.15 bits per heavy atom. The van der Waals surface area contributed by atoms with Crippen LogP contribution in [0.1, 0.15) is 19.0 Å². The number of ether oxygens (including phenoxy) is 2. The van der Waals surface area contributed by atoms with Crippen LogP contribution in [0.3, 0.4) is 0 Å². The average molecular weight is 491 g/mol. The molecule has 9 heteroatoms. The predicted molar refractivity (Wildman–Crippen MR) is 135 cm³/mol. The van der Waals surface area contributed by atoms with Crippen molar-refractivity contribution in [3.05, 3.63) is 65.8 Å². The van der Waals surface area contributed by atoms with Gasteiger partial charge >= 0.3 is 0 Å². The number of fused-ring (bicyclic) bond motifs is 2. The Morgan fingerprint density at radius 3 is 2.82 bits per heavy atom. The van der Waals surface area contributed by atoms with E-state index in [1.54, 1.807) is 30.2 Å². The number of hydrogen-bond acceptors (Lipinski definition) is 8. The molecule has 0 saturated heterocycles. The van der Waals surface area contributed by atoms with Crippen molar-refractivity contribution in [1.82, 2.24) is 14.6 Å². The molecule has 172 valence electrons. The second-order valence-corrected chi connectivity index (χ2v) is 9.90. The number of methoxy groups -OCH3 is 1. The van der Waals surface area contributed by atoms with E-state index in [2.05, 4.69) is 24.5 Å². The Hall–Kier alpha value is -3.43. The van der Waals surface area contributed by atoms with Crippen molar-refractivity contribution >= 4 is 34.1 Å². The molecule has 0 bridgehead atoms. The molecule has 0 saturated carbocycles. The number of thiazole rings is 1. The lowest BCUT2D eigenvalue weighted by molar-refractivity contribution is 0.303. The Kier molecular flexibility index (Phi) is 5.43. The number of aromatic nitrogens is 3. The summed E-state index contributed by atoms with van der Waals surface area (Å²) >= 11 is 3.33. The molecule has 4 heterocycles. The molecule has 5 aromatic rings. The molecular formula is C25H22N4O3S2. The van der Waals surface area contributed by atoms with Gasteiger partial charge in [-0.3, -0.25) is 0 Å². The molecule has 34 heavy (non-hydrogen) atoms. The van der Waals surface area contributed by atoms with Gasteiger partial charge in [0.1, 0.15) is 34.4 Å². The van der Waals surface area contributed by atoms with Crippen molar-refractivity contribution in [1.29, 1.82) is 0 Å². The molecule has 1 aliphatic rings. The highest BCUT2D eigenvalue weighted by Gasteiger charge is 2.24. The number of thioether (sulfide) groups is 1. The lowest BCUT2D eigenvalue weighted by Gasteiger charge is -2.07. The van der Waals surface area contributed by atoms with Gasteiger partial charge in [0.2, 0.25) is 0 Å². The first-order chi connectivity index (χ1) is 16.7. The molecule has 6 rings (SSSR count). The van der Waals surface area contributed by atoms with Crippen LogP contribution in [0.25, 0.3) is 33.0 Å². The second kappa shape index (κ2) is 8.73. The predicted octanol–water partition coefficient (Wildman–Crippen LogP) is 6.39. The van der Waals surface area contributed by atoms with Crippen LogP contribution >= 0.6 is 23.1 Å². The lowest BCUT2D eigenvalue weighted by atomic mass is 10.2. The van der Waals surface area contributed by atoms with Crippen LogP contribution in [-0.2, 0) is 6.61 Å². The standard InChI is InChI=1S/C25H22N4O3S2/c1-3-23-28-29-12-19(27-25(29)34-23)22-11-18-20(9-17(30-2)10-21(18)32-22)31-13-16-14-33-24(26-16)15-7-5-4-6-8-15/h4-12,14,23,28H,3,13H2,1-2H3. The minimum atomic E-state index is 0.351. The van der Waals surface area contributed by atoms with Gasteiger partial charge in [-0.05, 0) is 12.5 Å². The average Bonchev–Trinajstić information content (AvgIpc) is 3.65. The van der Waals surface area contributed by atoms with E-state index in [0.717, 1.165) is 38.9 Å². The first-order valence-electron chi connectivity index (χ1n) is 11.0. The molecule has 1 unspecified atom stereocenters. The van der Waals surface area contributed by atoms with Crippen LogP contribution in [0.2, 0.25) is 0 Å². The monoisotopic (exact) mass is 490 g/mol. The van der Waals surface area contributed by atoms with E-state index in [1.807, 2.05) is 52.7 Å². The first kappa shape index (κ1) is 21.1. The molecule has 7 nitrogen and oxygen atoms in total. The van der Waals surface area contributed by atoms with Crippen molar-refractivity contribution in [3.8, 4) is 33.5 Å². The summed E-state index contributed by atoms with van der Waals surface area (Å²) in [6, 6.07) is 15.9. The maximum absolute atomic E-state index is 6.20. The summed E-state index contributed by atoms with van der Waals surface area (Å²) in [7, 11) is 1.63. The minimum absolute atomic E-state index is 0.351. The molecule has 1 aliphatic heterocycles. The highest BCUT2D eigenvalue weighted by Crippen LogP contribution is 2.39. The van der Waals surface area contributed by atoms with Crippen molar-refractivity contribution < 1.29 is 13.9 Å². The Morgan fingerprint density at radius 2 is 2.03 bits per heavy atom. The summed E-state index contributed by atoms with van der Waals surface area (Å²) in [5.41, 5.74) is 6.86. The third-order valence-corrected chi connectivity index (χ3v) is 7.75. The van der Waals surface area contributed by atoms with Crippen LogP contribution in [0.4, 0.5) is 0 Å². The van der Waals surface area contributed by atoms with Crippen molar-refractivity contribution in [2.75, 3.05) is 12.5 Å².